The van der Waals surface area contributed by atoms with Gasteiger partial charge in [0.15, 0.2) is 6.61 Å². The van der Waals surface area contributed by atoms with Crippen molar-refractivity contribution in [2.75, 3.05) is 11.9 Å². The van der Waals surface area contributed by atoms with Gasteiger partial charge in [-0.2, -0.15) is 5.10 Å². The molecule has 0 aliphatic carbocycles. The summed E-state index contributed by atoms with van der Waals surface area (Å²) in [5.74, 6) is -0.976. The zero-order chi connectivity index (χ0) is 18.5. The predicted molar refractivity (Wildman–Crippen MR) is 106 cm³/mol. The van der Waals surface area contributed by atoms with Gasteiger partial charge in [0.1, 0.15) is 5.56 Å². The lowest BCUT2D eigenvalue weighted by Crippen LogP contribution is -2.21. The standard InChI is InChI=1S/C19H16IN3O3/c1-13-17(11-21-23(13)16-8-3-2-4-9-16)19(25)26-12-18(24)22-15-7-5-6-14(20)10-15/h2-11H,12H2,1H3,(H,22,24). The second-order valence-corrected chi connectivity index (χ2v) is 6.77. The molecule has 0 unspecified atom stereocenters. The highest BCUT2D eigenvalue weighted by Crippen LogP contribution is 2.15. The molecule has 0 fully saturated rings. The van der Waals surface area contributed by atoms with E-state index in [1.54, 1.807) is 17.7 Å². The first-order valence-corrected chi connectivity index (χ1v) is 8.95. The highest BCUT2D eigenvalue weighted by Gasteiger charge is 2.17. The Morgan fingerprint density at radius 2 is 1.92 bits per heavy atom. The summed E-state index contributed by atoms with van der Waals surface area (Å²) in [6, 6.07) is 16.8. The molecule has 3 rings (SSSR count). The average Bonchev–Trinajstić information content (AvgIpc) is 3.02. The van der Waals surface area contributed by atoms with E-state index >= 15 is 0 Å². The van der Waals surface area contributed by atoms with E-state index in [1.807, 2.05) is 48.5 Å². The number of para-hydroxylation sites is 1. The van der Waals surface area contributed by atoms with Crippen LogP contribution < -0.4 is 5.32 Å². The minimum absolute atomic E-state index is 0.330. The molecule has 0 saturated carbocycles. The Bertz CT molecular complexity index is 938. The Hall–Kier alpha value is -2.68. The fourth-order valence-electron chi connectivity index (χ4n) is 2.41. The van der Waals surface area contributed by atoms with E-state index in [0.29, 0.717) is 16.9 Å². The van der Waals surface area contributed by atoms with Crippen LogP contribution in [0.4, 0.5) is 5.69 Å². The first kappa shape index (κ1) is 18.1. The maximum absolute atomic E-state index is 12.3. The van der Waals surface area contributed by atoms with Crippen LogP contribution in [0.2, 0.25) is 0 Å². The van der Waals surface area contributed by atoms with Gasteiger partial charge in [-0.15, -0.1) is 0 Å². The minimum Gasteiger partial charge on any atom is -0.452 e. The van der Waals surface area contributed by atoms with E-state index in [2.05, 4.69) is 33.0 Å². The predicted octanol–water partition coefficient (Wildman–Crippen LogP) is 3.58. The fraction of sp³-hybridized carbons (Fsp3) is 0.105. The molecule has 26 heavy (non-hydrogen) atoms. The average molecular weight is 461 g/mol. The number of anilines is 1. The second kappa shape index (κ2) is 8.13. The number of hydrogen-bond donors (Lipinski definition) is 1. The molecule has 0 aliphatic rings. The maximum Gasteiger partial charge on any atom is 0.342 e. The lowest BCUT2D eigenvalue weighted by molar-refractivity contribution is -0.119. The summed E-state index contributed by atoms with van der Waals surface area (Å²) in [7, 11) is 0. The first-order chi connectivity index (χ1) is 12.5. The SMILES string of the molecule is Cc1c(C(=O)OCC(=O)Nc2cccc(I)c2)cnn1-c1ccccc1. The third-order valence-corrected chi connectivity index (χ3v) is 4.34. The van der Waals surface area contributed by atoms with E-state index < -0.39 is 11.9 Å². The molecular formula is C19H16IN3O3. The van der Waals surface area contributed by atoms with Crippen LogP contribution in [0.1, 0.15) is 16.1 Å². The molecule has 0 atom stereocenters. The number of rotatable bonds is 5. The monoisotopic (exact) mass is 461 g/mol. The number of esters is 1. The van der Waals surface area contributed by atoms with Gasteiger partial charge < -0.3 is 10.1 Å². The number of amides is 1. The summed E-state index contributed by atoms with van der Waals surface area (Å²) in [4.78, 5) is 24.2. The second-order valence-electron chi connectivity index (χ2n) is 5.53. The van der Waals surface area contributed by atoms with E-state index in [1.165, 1.54) is 6.20 Å². The Morgan fingerprint density at radius 3 is 2.65 bits per heavy atom. The van der Waals surface area contributed by atoms with Crippen molar-refractivity contribution >= 4 is 40.2 Å². The van der Waals surface area contributed by atoms with Gasteiger partial charge >= 0.3 is 5.97 Å². The number of hydrogen-bond acceptors (Lipinski definition) is 4. The highest BCUT2D eigenvalue weighted by molar-refractivity contribution is 14.1. The van der Waals surface area contributed by atoms with Gasteiger partial charge in [-0.3, -0.25) is 4.79 Å². The first-order valence-electron chi connectivity index (χ1n) is 7.87. The molecule has 1 N–H and O–H groups in total. The van der Waals surface area contributed by atoms with Crippen molar-refractivity contribution in [3.05, 3.63) is 75.6 Å². The maximum atomic E-state index is 12.3. The molecular weight excluding hydrogens is 445 g/mol. The Kier molecular flexibility index (Phi) is 5.67. The summed E-state index contributed by atoms with van der Waals surface area (Å²) in [6.45, 7) is 1.42. The Labute approximate surface area is 164 Å². The molecule has 0 aliphatic heterocycles. The molecule has 132 valence electrons. The van der Waals surface area contributed by atoms with Gasteiger partial charge in [-0.25, -0.2) is 9.48 Å². The number of halogens is 1. The van der Waals surface area contributed by atoms with Crippen LogP contribution in [0.15, 0.2) is 60.8 Å². The van der Waals surface area contributed by atoms with Gasteiger partial charge in [0.25, 0.3) is 5.91 Å². The molecule has 1 amide bonds. The molecule has 0 bridgehead atoms. The topological polar surface area (TPSA) is 73.2 Å². The molecule has 0 saturated heterocycles. The van der Waals surface area contributed by atoms with E-state index in [0.717, 1.165) is 9.26 Å². The quantitative estimate of drug-likeness (QED) is 0.466. The number of carbonyl (C=O) groups excluding carboxylic acids is 2. The Balaban J connectivity index is 1.62. The smallest absolute Gasteiger partial charge is 0.342 e. The number of ether oxygens (including phenoxy) is 1. The zero-order valence-corrected chi connectivity index (χ0v) is 16.1. The van der Waals surface area contributed by atoms with E-state index in [4.69, 9.17) is 4.74 Å². The molecule has 1 heterocycles. The van der Waals surface area contributed by atoms with Crippen LogP contribution >= 0.6 is 22.6 Å². The van der Waals surface area contributed by atoms with Crippen LogP contribution in [0.5, 0.6) is 0 Å². The summed E-state index contributed by atoms with van der Waals surface area (Å²) in [6.07, 6.45) is 1.45. The minimum atomic E-state index is -0.581. The van der Waals surface area contributed by atoms with Gasteiger partial charge in [0.05, 0.1) is 17.6 Å². The highest BCUT2D eigenvalue weighted by atomic mass is 127. The lowest BCUT2D eigenvalue weighted by Gasteiger charge is -2.07. The van der Waals surface area contributed by atoms with Gasteiger partial charge in [0.2, 0.25) is 0 Å². The van der Waals surface area contributed by atoms with Crippen molar-refractivity contribution in [1.29, 1.82) is 0 Å². The van der Waals surface area contributed by atoms with Crippen molar-refractivity contribution in [1.82, 2.24) is 9.78 Å². The Morgan fingerprint density at radius 1 is 1.15 bits per heavy atom. The third kappa shape index (κ3) is 4.29. The lowest BCUT2D eigenvalue weighted by atomic mass is 10.2. The molecule has 7 heteroatoms. The number of carbonyl (C=O) groups is 2. The largest absolute Gasteiger partial charge is 0.452 e. The van der Waals surface area contributed by atoms with Gasteiger partial charge in [-0.05, 0) is 59.8 Å². The van der Waals surface area contributed by atoms with E-state index in [-0.39, 0.29) is 6.61 Å². The van der Waals surface area contributed by atoms with Crippen molar-refractivity contribution in [2.45, 2.75) is 6.92 Å². The normalized spacial score (nSPS) is 10.4. The van der Waals surface area contributed by atoms with Crippen LogP contribution in [0.25, 0.3) is 5.69 Å². The number of nitrogens with one attached hydrogen (secondary N) is 1. The summed E-state index contributed by atoms with van der Waals surface area (Å²) in [5, 5.41) is 6.92. The molecule has 0 radical (unpaired) electrons. The van der Waals surface area contributed by atoms with Gasteiger partial charge in [-0.1, -0.05) is 24.3 Å². The molecule has 0 spiro atoms. The molecule has 6 nitrogen and oxygen atoms in total. The van der Waals surface area contributed by atoms with Crippen LogP contribution in [-0.2, 0) is 9.53 Å². The van der Waals surface area contributed by atoms with Crippen molar-refractivity contribution in [3.63, 3.8) is 0 Å². The fourth-order valence-corrected chi connectivity index (χ4v) is 2.95. The number of aromatic nitrogens is 2. The summed E-state index contributed by atoms with van der Waals surface area (Å²) < 4.78 is 7.77. The summed E-state index contributed by atoms with van der Waals surface area (Å²) in [5.41, 5.74) is 2.49. The van der Waals surface area contributed by atoms with E-state index in [9.17, 15) is 9.59 Å². The van der Waals surface area contributed by atoms with Crippen LogP contribution in [0, 0.1) is 10.5 Å². The van der Waals surface area contributed by atoms with Crippen molar-refractivity contribution in [3.8, 4) is 5.69 Å². The summed E-state index contributed by atoms with van der Waals surface area (Å²) >= 11 is 2.16. The number of benzene rings is 2. The molecule has 2 aromatic carbocycles. The third-order valence-electron chi connectivity index (χ3n) is 3.67. The van der Waals surface area contributed by atoms with Crippen molar-refractivity contribution < 1.29 is 14.3 Å². The zero-order valence-electron chi connectivity index (χ0n) is 14.0. The van der Waals surface area contributed by atoms with Gasteiger partial charge in [0, 0.05) is 9.26 Å². The number of nitrogens with zero attached hydrogens (tertiary/aromatic N) is 2. The van der Waals surface area contributed by atoms with Crippen molar-refractivity contribution in [2.24, 2.45) is 0 Å². The van der Waals surface area contributed by atoms with Crippen LogP contribution in [-0.4, -0.2) is 28.3 Å². The molecule has 3 aromatic rings. The van der Waals surface area contributed by atoms with Crippen LogP contribution in [0.3, 0.4) is 0 Å². The molecule has 1 aromatic heterocycles.